The smallest absolute Gasteiger partial charge is 0.462 e. The lowest BCUT2D eigenvalue weighted by Crippen LogP contribution is -2.29. The highest BCUT2D eigenvalue weighted by Gasteiger charge is 2.27. The van der Waals surface area contributed by atoms with Crippen molar-refractivity contribution in [3.8, 4) is 0 Å². The van der Waals surface area contributed by atoms with Gasteiger partial charge < -0.3 is 24.6 Å². The molecule has 3 unspecified atom stereocenters. The number of hydrogen-bond donors (Lipinski definition) is 3. The van der Waals surface area contributed by atoms with Crippen LogP contribution < -0.4 is 0 Å². The van der Waals surface area contributed by atoms with Crippen molar-refractivity contribution in [1.29, 1.82) is 0 Å². The first-order valence-electron chi connectivity index (χ1n) is 20.0. The van der Waals surface area contributed by atoms with Gasteiger partial charge in [0.25, 0.3) is 0 Å². The Labute approximate surface area is 299 Å². The second-order valence-electron chi connectivity index (χ2n) is 13.7. The molecule has 0 saturated heterocycles. The number of ether oxygens (including phenoxy) is 2. The summed E-state index contributed by atoms with van der Waals surface area (Å²) < 4.78 is 32.5. The molecule has 3 atom stereocenters. The molecule has 10 nitrogen and oxygen atoms in total. The van der Waals surface area contributed by atoms with Crippen molar-refractivity contribution in [3.05, 3.63) is 0 Å². The van der Waals surface area contributed by atoms with E-state index in [4.69, 9.17) is 19.1 Å². The lowest BCUT2D eigenvalue weighted by molar-refractivity contribution is -0.161. The molecule has 0 bridgehead atoms. The minimum atomic E-state index is -4.60. The molecule has 0 radical (unpaired) electrons. The van der Waals surface area contributed by atoms with Gasteiger partial charge in [-0.05, 0) is 12.8 Å². The standard InChI is InChI=1S/C38H75O10P/c1-3-5-7-9-11-12-13-14-15-16-17-18-19-20-21-22-23-24-26-28-30-38(42)48-36(34-47-49(43,44)46-32-35(40)31-39)33-45-37(41)29-27-25-10-8-6-4-2/h35-36,39-40H,3-34H2,1-2H3,(H,43,44). The van der Waals surface area contributed by atoms with Crippen LogP contribution in [0.2, 0.25) is 0 Å². The molecule has 0 aromatic rings. The third-order valence-electron chi connectivity index (χ3n) is 8.76. The number of aliphatic hydroxyl groups is 2. The minimum Gasteiger partial charge on any atom is -0.462 e. The predicted octanol–water partition coefficient (Wildman–Crippen LogP) is 9.89. The first kappa shape index (κ1) is 48.0. The summed E-state index contributed by atoms with van der Waals surface area (Å²) in [5.74, 6) is -0.924. The summed E-state index contributed by atoms with van der Waals surface area (Å²) in [5, 5.41) is 18.2. The van der Waals surface area contributed by atoms with Crippen LogP contribution in [0.3, 0.4) is 0 Å². The number of aliphatic hydroxyl groups excluding tert-OH is 2. The van der Waals surface area contributed by atoms with Gasteiger partial charge in [-0.3, -0.25) is 18.6 Å². The number of esters is 2. The Balaban J connectivity index is 4.11. The zero-order valence-electron chi connectivity index (χ0n) is 31.4. The maximum absolute atomic E-state index is 12.5. The zero-order chi connectivity index (χ0) is 36.3. The molecule has 0 aliphatic carbocycles. The van der Waals surface area contributed by atoms with Crippen LogP contribution in [0.1, 0.15) is 194 Å². The molecular weight excluding hydrogens is 647 g/mol. The van der Waals surface area contributed by atoms with Crippen molar-refractivity contribution in [2.75, 3.05) is 26.4 Å². The summed E-state index contributed by atoms with van der Waals surface area (Å²) in [6.07, 6.45) is 29.7. The summed E-state index contributed by atoms with van der Waals surface area (Å²) in [5.41, 5.74) is 0. The molecule has 0 fully saturated rings. The lowest BCUT2D eigenvalue weighted by Gasteiger charge is -2.20. The van der Waals surface area contributed by atoms with Gasteiger partial charge in [-0.15, -0.1) is 0 Å². The summed E-state index contributed by atoms with van der Waals surface area (Å²) in [6, 6.07) is 0. The minimum absolute atomic E-state index is 0.192. The molecule has 0 saturated carbocycles. The SMILES string of the molecule is CCCCCCCCCCCCCCCCCCCCCCC(=O)OC(COC(=O)CCCCCCCC)COP(=O)(O)OCC(O)CO. The maximum atomic E-state index is 12.5. The van der Waals surface area contributed by atoms with Gasteiger partial charge in [-0.25, -0.2) is 4.57 Å². The average Bonchev–Trinajstić information content (AvgIpc) is 3.09. The normalized spacial score (nSPS) is 14.0. The van der Waals surface area contributed by atoms with Crippen LogP contribution in [-0.4, -0.2) is 65.7 Å². The second kappa shape index (κ2) is 35.4. The molecule has 0 spiro atoms. The van der Waals surface area contributed by atoms with Crippen LogP contribution in [-0.2, 0) is 32.7 Å². The van der Waals surface area contributed by atoms with E-state index >= 15 is 0 Å². The van der Waals surface area contributed by atoms with Gasteiger partial charge in [-0.2, -0.15) is 0 Å². The summed E-state index contributed by atoms with van der Waals surface area (Å²) >= 11 is 0. The molecule has 0 heterocycles. The molecule has 49 heavy (non-hydrogen) atoms. The number of unbranched alkanes of at least 4 members (excludes halogenated alkanes) is 24. The summed E-state index contributed by atoms with van der Waals surface area (Å²) in [7, 11) is -4.60. The van der Waals surface area contributed by atoms with Crippen LogP contribution in [0.5, 0.6) is 0 Å². The summed E-state index contributed by atoms with van der Waals surface area (Å²) in [6.45, 7) is 2.33. The van der Waals surface area contributed by atoms with Gasteiger partial charge >= 0.3 is 19.8 Å². The van der Waals surface area contributed by atoms with Crippen LogP contribution in [0.15, 0.2) is 0 Å². The van der Waals surface area contributed by atoms with Crippen LogP contribution in [0, 0.1) is 0 Å². The quantitative estimate of drug-likeness (QED) is 0.0319. The topological polar surface area (TPSA) is 149 Å². The van der Waals surface area contributed by atoms with Gasteiger partial charge in [0.2, 0.25) is 0 Å². The van der Waals surface area contributed by atoms with Crippen molar-refractivity contribution in [2.45, 2.75) is 206 Å². The Morgan fingerprint density at radius 1 is 0.531 bits per heavy atom. The highest BCUT2D eigenvalue weighted by molar-refractivity contribution is 7.47. The van der Waals surface area contributed by atoms with Gasteiger partial charge in [0, 0.05) is 12.8 Å². The van der Waals surface area contributed by atoms with E-state index in [-0.39, 0.29) is 19.4 Å². The van der Waals surface area contributed by atoms with Crippen molar-refractivity contribution >= 4 is 19.8 Å². The fraction of sp³-hybridized carbons (Fsp3) is 0.947. The first-order valence-corrected chi connectivity index (χ1v) is 21.5. The highest BCUT2D eigenvalue weighted by Crippen LogP contribution is 2.43. The molecule has 0 aromatic carbocycles. The predicted molar refractivity (Wildman–Crippen MR) is 196 cm³/mol. The van der Waals surface area contributed by atoms with Crippen LogP contribution in [0.4, 0.5) is 0 Å². The van der Waals surface area contributed by atoms with Crippen LogP contribution in [0.25, 0.3) is 0 Å². The Bertz CT molecular complexity index is 796. The monoisotopic (exact) mass is 723 g/mol. The molecule has 0 aliphatic rings. The first-order chi connectivity index (χ1) is 23.7. The van der Waals surface area contributed by atoms with Crippen molar-refractivity contribution < 1.29 is 47.8 Å². The number of phosphoric acid groups is 1. The maximum Gasteiger partial charge on any atom is 0.472 e. The van der Waals surface area contributed by atoms with Gasteiger partial charge in [0.1, 0.15) is 12.7 Å². The molecular formula is C38H75O10P. The molecule has 3 N–H and O–H groups in total. The number of phosphoric ester groups is 1. The van der Waals surface area contributed by atoms with Crippen molar-refractivity contribution in [2.24, 2.45) is 0 Å². The Morgan fingerprint density at radius 2 is 0.878 bits per heavy atom. The third kappa shape index (κ3) is 35.2. The van der Waals surface area contributed by atoms with Crippen molar-refractivity contribution in [1.82, 2.24) is 0 Å². The number of hydrogen-bond acceptors (Lipinski definition) is 9. The lowest BCUT2D eigenvalue weighted by atomic mass is 10.0. The van der Waals surface area contributed by atoms with Gasteiger partial charge in [-0.1, -0.05) is 168 Å². The third-order valence-corrected chi connectivity index (χ3v) is 9.71. The number of carbonyl (C=O) groups excluding carboxylic acids is 2. The Morgan fingerprint density at radius 3 is 1.27 bits per heavy atom. The molecule has 0 rings (SSSR count). The van der Waals surface area contributed by atoms with Crippen molar-refractivity contribution in [3.63, 3.8) is 0 Å². The average molecular weight is 723 g/mol. The van der Waals surface area contributed by atoms with Gasteiger partial charge in [0.05, 0.1) is 19.8 Å². The highest BCUT2D eigenvalue weighted by atomic mass is 31.2. The van der Waals surface area contributed by atoms with E-state index < -0.39 is 51.8 Å². The second-order valence-corrected chi connectivity index (χ2v) is 15.1. The largest absolute Gasteiger partial charge is 0.472 e. The molecule has 0 amide bonds. The fourth-order valence-electron chi connectivity index (χ4n) is 5.64. The fourth-order valence-corrected chi connectivity index (χ4v) is 6.43. The van der Waals surface area contributed by atoms with E-state index in [0.717, 1.165) is 44.9 Å². The molecule has 0 aromatic heterocycles. The van der Waals surface area contributed by atoms with E-state index in [1.807, 2.05) is 0 Å². The van der Waals surface area contributed by atoms with Gasteiger partial charge in [0.15, 0.2) is 6.10 Å². The Hall–Kier alpha value is -1.03. The number of carbonyl (C=O) groups is 2. The summed E-state index contributed by atoms with van der Waals surface area (Å²) in [4.78, 5) is 34.6. The number of rotatable bonds is 38. The van der Waals surface area contributed by atoms with E-state index in [1.165, 1.54) is 109 Å². The van der Waals surface area contributed by atoms with E-state index in [1.54, 1.807) is 0 Å². The molecule has 11 heteroatoms. The van der Waals surface area contributed by atoms with E-state index in [2.05, 4.69) is 18.4 Å². The van der Waals surface area contributed by atoms with E-state index in [9.17, 15) is 24.2 Å². The van der Waals surface area contributed by atoms with E-state index in [0.29, 0.717) is 12.8 Å². The van der Waals surface area contributed by atoms with Crippen LogP contribution >= 0.6 is 7.82 Å². The Kier molecular flexibility index (Phi) is 34.6. The molecule has 292 valence electrons. The zero-order valence-corrected chi connectivity index (χ0v) is 32.3. The molecule has 0 aliphatic heterocycles.